The zero-order valence-corrected chi connectivity index (χ0v) is 17.8. The Kier molecular flexibility index (Phi) is 8.58. The van der Waals surface area contributed by atoms with Crippen LogP contribution in [0.4, 0.5) is 0 Å². The molecule has 0 spiro atoms. The second-order valence-electron chi connectivity index (χ2n) is 7.87. The van der Waals surface area contributed by atoms with Gasteiger partial charge in [-0.2, -0.15) is 0 Å². The molecule has 162 valence electrons. The first kappa shape index (κ1) is 21.9. The number of ether oxygens (including phenoxy) is 3. The van der Waals surface area contributed by atoms with Crippen LogP contribution in [-0.4, -0.2) is 81.9 Å². The Balaban J connectivity index is 1.42. The molecule has 1 aromatic rings. The molecule has 2 aliphatic heterocycles. The molecule has 0 saturated carbocycles. The summed E-state index contributed by atoms with van der Waals surface area (Å²) in [6, 6.07) is 6.13. The van der Waals surface area contributed by atoms with Gasteiger partial charge >= 0.3 is 0 Å². The van der Waals surface area contributed by atoms with Crippen molar-refractivity contribution >= 4 is 5.91 Å². The molecule has 2 aliphatic rings. The zero-order valence-electron chi connectivity index (χ0n) is 17.8. The van der Waals surface area contributed by atoms with Crippen molar-refractivity contribution in [1.82, 2.24) is 15.1 Å². The van der Waals surface area contributed by atoms with Crippen LogP contribution in [-0.2, 0) is 16.1 Å². The first-order chi connectivity index (χ1) is 14.2. The second-order valence-corrected chi connectivity index (χ2v) is 7.87. The van der Waals surface area contributed by atoms with E-state index in [4.69, 9.17) is 14.2 Å². The van der Waals surface area contributed by atoms with Gasteiger partial charge < -0.3 is 24.4 Å². The number of benzene rings is 1. The van der Waals surface area contributed by atoms with E-state index in [0.717, 1.165) is 83.4 Å². The highest BCUT2D eigenvalue weighted by Gasteiger charge is 2.20. The maximum atomic E-state index is 11.4. The average molecular weight is 406 g/mol. The number of hydrogen-bond acceptors (Lipinski definition) is 6. The summed E-state index contributed by atoms with van der Waals surface area (Å²) >= 11 is 0. The molecule has 1 amide bonds. The van der Waals surface area contributed by atoms with E-state index in [-0.39, 0.29) is 5.91 Å². The Morgan fingerprint density at radius 1 is 1.17 bits per heavy atom. The summed E-state index contributed by atoms with van der Waals surface area (Å²) in [5.41, 5.74) is 1.19. The first-order valence-electron chi connectivity index (χ1n) is 10.7. The molecule has 2 heterocycles. The lowest BCUT2D eigenvalue weighted by Gasteiger charge is -2.31. The molecule has 0 atom stereocenters. The zero-order chi connectivity index (χ0) is 20.5. The summed E-state index contributed by atoms with van der Waals surface area (Å²) in [6.07, 6.45) is 2.15. The topological polar surface area (TPSA) is 63.3 Å². The van der Waals surface area contributed by atoms with E-state index in [0.29, 0.717) is 12.5 Å². The molecule has 2 saturated heterocycles. The van der Waals surface area contributed by atoms with Gasteiger partial charge in [-0.3, -0.25) is 9.69 Å². The molecule has 0 bridgehead atoms. The lowest BCUT2D eigenvalue weighted by molar-refractivity contribution is -0.130. The van der Waals surface area contributed by atoms with Gasteiger partial charge in [0.15, 0.2) is 11.5 Å². The van der Waals surface area contributed by atoms with E-state index < -0.39 is 0 Å². The van der Waals surface area contributed by atoms with Crippen LogP contribution in [0.3, 0.4) is 0 Å². The number of hydrogen-bond donors (Lipinski definition) is 1. The minimum atomic E-state index is 0.191. The molecular weight excluding hydrogens is 370 g/mol. The van der Waals surface area contributed by atoms with E-state index in [1.807, 2.05) is 11.0 Å². The minimum Gasteiger partial charge on any atom is -0.493 e. The van der Waals surface area contributed by atoms with Crippen LogP contribution >= 0.6 is 0 Å². The van der Waals surface area contributed by atoms with Crippen molar-refractivity contribution in [2.24, 2.45) is 5.92 Å². The third-order valence-corrected chi connectivity index (χ3v) is 5.82. The van der Waals surface area contributed by atoms with Crippen LogP contribution in [0.1, 0.15) is 25.3 Å². The maximum absolute atomic E-state index is 11.4. The van der Waals surface area contributed by atoms with Crippen molar-refractivity contribution in [2.75, 3.05) is 66.2 Å². The molecule has 0 aliphatic carbocycles. The Morgan fingerprint density at radius 2 is 1.93 bits per heavy atom. The number of morpholine rings is 1. The van der Waals surface area contributed by atoms with Crippen molar-refractivity contribution in [3.05, 3.63) is 23.8 Å². The van der Waals surface area contributed by atoms with Crippen molar-refractivity contribution in [3.63, 3.8) is 0 Å². The Morgan fingerprint density at radius 3 is 2.62 bits per heavy atom. The second kappa shape index (κ2) is 11.4. The van der Waals surface area contributed by atoms with Gasteiger partial charge in [0, 0.05) is 46.2 Å². The van der Waals surface area contributed by atoms with E-state index in [2.05, 4.69) is 22.3 Å². The highest BCUT2D eigenvalue weighted by atomic mass is 16.5. The molecule has 1 N–H and O–H groups in total. The number of piperidine rings is 1. The average Bonchev–Trinajstić information content (AvgIpc) is 2.75. The highest BCUT2D eigenvalue weighted by Crippen LogP contribution is 2.28. The van der Waals surface area contributed by atoms with Crippen molar-refractivity contribution in [1.29, 1.82) is 0 Å². The SMILES string of the molecule is COc1ccc(CNCC2CCN(C(C)=O)CC2)cc1OCCN1CCOCC1. The number of nitrogens with one attached hydrogen (secondary N) is 1. The number of rotatable bonds is 9. The van der Waals surface area contributed by atoms with Crippen molar-refractivity contribution in [2.45, 2.75) is 26.3 Å². The summed E-state index contributed by atoms with van der Waals surface area (Å²) in [5, 5.41) is 3.57. The molecular formula is C22H35N3O4. The lowest BCUT2D eigenvalue weighted by Crippen LogP contribution is -2.39. The normalized spacial score (nSPS) is 18.6. The molecule has 1 aromatic carbocycles. The van der Waals surface area contributed by atoms with Crippen molar-refractivity contribution in [3.8, 4) is 11.5 Å². The van der Waals surface area contributed by atoms with E-state index in [1.54, 1.807) is 14.0 Å². The summed E-state index contributed by atoms with van der Waals surface area (Å²) in [4.78, 5) is 15.7. The van der Waals surface area contributed by atoms with Gasteiger partial charge in [0.25, 0.3) is 0 Å². The van der Waals surface area contributed by atoms with Crippen LogP contribution in [0.25, 0.3) is 0 Å². The molecule has 2 fully saturated rings. The molecule has 3 rings (SSSR count). The van der Waals surface area contributed by atoms with Crippen LogP contribution in [0.2, 0.25) is 0 Å². The molecule has 29 heavy (non-hydrogen) atoms. The number of carbonyl (C=O) groups excluding carboxylic acids is 1. The first-order valence-corrected chi connectivity index (χ1v) is 10.7. The number of amides is 1. The fourth-order valence-electron chi connectivity index (χ4n) is 3.93. The van der Waals surface area contributed by atoms with Crippen LogP contribution in [0.5, 0.6) is 11.5 Å². The molecule has 7 heteroatoms. The summed E-state index contributed by atoms with van der Waals surface area (Å²) in [6.45, 7) is 10.3. The highest BCUT2D eigenvalue weighted by molar-refractivity contribution is 5.73. The number of carbonyl (C=O) groups is 1. The van der Waals surface area contributed by atoms with Crippen molar-refractivity contribution < 1.29 is 19.0 Å². The minimum absolute atomic E-state index is 0.191. The Labute approximate surface area is 174 Å². The molecule has 7 nitrogen and oxygen atoms in total. The molecule has 0 aromatic heterocycles. The van der Waals surface area contributed by atoms with Gasteiger partial charge in [-0.15, -0.1) is 0 Å². The van der Waals surface area contributed by atoms with E-state index >= 15 is 0 Å². The van der Waals surface area contributed by atoms with Gasteiger partial charge in [-0.1, -0.05) is 6.07 Å². The van der Waals surface area contributed by atoms with Gasteiger partial charge in [0.1, 0.15) is 6.61 Å². The van der Waals surface area contributed by atoms with Crippen LogP contribution in [0, 0.1) is 5.92 Å². The number of nitrogens with zero attached hydrogens (tertiary/aromatic N) is 2. The van der Waals surface area contributed by atoms with E-state index in [9.17, 15) is 4.79 Å². The predicted molar refractivity (Wildman–Crippen MR) is 112 cm³/mol. The quantitative estimate of drug-likeness (QED) is 0.675. The summed E-state index contributed by atoms with van der Waals surface area (Å²) < 4.78 is 16.9. The Hall–Kier alpha value is -1.83. The van der Waals surface area contributed by atoms with Gasteiger partial charge in [-0.05, 0) is 43.0 Å². The molecule has 0 unspecified atom stereocenters. The largest absolute Gasteiger partial charge is 0.493 e. The number of methoxy groups -OCH3 is 1. The van der Waals surface area contributed by atoms with Gasteiger partial charge in [0.2, 0.25) is 5.91 Å². The summed E-state index contributed by atoms with van der Waals surface area (Å²) in [7, 11) is 1.68. The molecule has 0 radical (unpaired) electrons. The predicted octanol–water partition coefficient (Wildman–Crippen LogP) is 1.75. The standard InChI is InChI=1S/C22H35N3O4/c1-18(26)25-7-5-19(6-8-25)16-23-17-20-3-4-21(27-2)22(15-20)29-14-11-24-9-12-28-13-10-24/h3-4,15,19,23H,5-14,16-17H2,1-2H3. The lowest BCUT2D eigenvalue weighted by atomic mass is 9.96. The fraction of sp³-hybridized carbons (Fsp3) is 0.682. The van der Waals surface area contributed by atoms with Gasteiger partial charge in [-0.25, -0.2) is 0 Å². The van der Waals surface area contributed by atoms with Crippen LogP contribution in [0.15, 0.2) is 18.2 Å². The van der Waals surface area contributed by atoms with Gasteiger partial charge in [0.05, 0.1) is 20.3 Å². The Bertz CT molecular complexity index is 641. The number of likely N-dealkylation sites (tertiary alicyclic amines) is 1. The maximum Gasteiger partial charge on any atom is 0.219 e. The monoisotopic (exact) mass is 405 g/mol. The fourth-order valence-corrected chi connectivity index (χ4v) is 3.93. The van der Waals surface area contributed by atoms with E-state index in [1.165, 1.54) is 5.56 Å². The smallest absolute Gasteiger partial charge is 0.219 e. The third-order valence-electron chi connectivity index (χ3n) is 5.82. The third kappa shape index (κ3) is 6.87. The van der Waals surface area contributed by atoms with Crippen LogP contribution < -0.4 is 14.8 Å². The summed E-state index contributed by atoms with van der Waals surface area (Å²) in [5.74, 6) is 2.39.